The number of nitrogens with one attached hydrogen (secondary N) is 2. The van der Waals surface area contributed by atoms with Crippen molar-refractivity contribution in [1.82, 2.24) is 4.57 Å². The highest BCUT2D eigenvalue weighted by atomic mass is 32.1. The van der Waals surface area contributed by atoms with Crippen molar-refractivity contribution < 1.29 is 4.79 Å². The van der Waals surface area contributed by atoms with Gasteiger partial charge in [0.25, 0.3) is 0 Å². The first-order valence-corrected chi connectivity index (χ1v) is 7.61. The summed E-state index contributed by atoms with van der Waals surface area (Å²) >= 11 is 1.66. The third-order valence-electron chi connectivity index (χ3n) is 3.67. The zero-order valence-corrected chi connectivity index (χ0v) is 13.0. The van der Waals surface area contributed by atoms with E-state index in [0.717, 1.165) is 22.6 Å². The van der Waals surface area contributed by atoms with Crippen molar-refractivity contribution in [2.75, 3.05) is 10.6 Å². The maximum Gasteiger partial charge on any atom is 0.324 e. The first-order chi connectivity index (χ1) is 10.0. The van der Waals surface area contributed by atoms with Gasteiger partial charge in [0.2, 0.25) is 0 Å². The van der Waals surface area contributed by atoms with Crippen LogP contribution in [0.2, 0.25) is 0 Å². The lowest BCUT2D eigenvalue weighted by atomic mass is 10.1. The molecule has 3 aromatic rings. The minimum Gasteiger partial charge on any atom is -0.330 e. The second-order valence-corrected chi connectivity index (χ2v) is 6.08. The van der Waals surface area contributed by atoms with Crippen LogP contribution in [-0.2, 0) is 7.05 Å². The molecule has 3 rings (SSSR count). The molecule has 0 radical (unpaired) electrons. The van der Waals surface area contributed by atoms with E-state index in [1.165, 1.54) is 10.3 Å². The van der Waals surface area contributed by atoms with Crippen LogP contribution in [0.1, 0.15) is 11.1 Å². The normalized spacial score (nSPS) is 10.8. The topological polar surface area (TPSA) is 46.1 Å². The predicted molar refractivity (Wildman–Crippen MR) is 89.4 cm³/mol. The molecule has 4 nitrogen and oxygen atoms in total. The zero-order chi connectivity index (χ0) is 15.0. The van der Waals surface area contributed by atoms with Gasteiger partial charge in [-0.1, -0.05) is 6.07 Å². The molecule has 2 aromatic heterocycles. The van der Waals surface area contributed by atoms with Crippen molar-refractivity contribution in [3.05, 3.63) is 46.8 Å². The first kappa shape index (κ1) is 13.7. The van der Waals surface area contributed by atoms with Crippen molar-refractivity contribution in [3.8, 4) is 0 Å². The fraction of sp³-hybridized carbons (Fsp3) is 0.188. The molecule has 0 atom stereocenters. The van der Waals surface area contributed by atoms with E-state index in [4.69, 9.17) is 0 Å². The van der Waals surface area contributed by atoms with Crippen LogP contribution in [0, 0.1) is 13.8 Å². The summed E-state index contributed by atoms with van der Waals surface area (Å²) in [6.07, 6.45) is 0. The van der Waals surface area contributed by atoms with Gasteiger partial charge in [-0.2, -0.15) is 0 Å². The summed E-state index contributed by atoms with van der Waals surface area (Å²) in [5.74, 6) is 0.790. The lowest BCUT2D eigenvalue weighted by Gasteiger charge is -2.10. The number of fused-ring (bicyclic) bond motifs is 1. The number of anilines is 2. The van der Waals surface area contributed by atoms with E-state index in [2.05, 4.69) is 17.6 Å². The second-order valence-electron chi connectivity index (χ2n) is 5.14. The summed E-state index contributed by atoms with van der Waals surface area (Å²) in [6.45, 7) is 4.08. The van der Waals surface area contributed by atoms with E-state index in [9.17, 15) is 4.79 Å². The largest absolute Gasteiger partial charge is 0.330 e. The molecule has 2 N–H and O–H groups in total. The molecule has 0 aliphatic rings. The molecule has 0 fully saturated rings. The summed E-state index contributed by atoms with van der Waals surface area (Å²) in [5.41, 5.74) is 4.30. The maximum atomic E-state index is 12.1. The van der Waals surface area contributed by atoms with Gasteiger partial charge in [0, 0.05) is 12.7 Å². The molecule has 0 saturated carbocycles. The van der Waals surface area contributed by atoms with Gasteiger partial charge in [-0.15, -0.1) is 11.3 Å². The van der Waals surface area contributed by atoms with Crippen LogP contribution in [-0.4, -0.2) is 10.6 Å². The van der Waals surface area contributed by atoms with Crippen molar-refractivity contribution in [2.24, 2.45) is 7.05 Å². The molecule has 0 spiro atoms. The lowest BCUT2D eigenvalue weighted by molar-refractivity contribution is 0.262. The van der Waals surface area contributed by atoms with E-state index >= 15 is 0 Å². The van der Waals surface area contributed by atoms with E-state index < -0.39 is 0 Å². The molecule has 0 aliphatic carbocycles. The average molecular weight is 299 g/mol. The number of rotatable bonds is 2. The molecule has 0 aliphatic heterocycles. The average Bonchev–Trinajstić information content (AvgIpc) is 2.99. The number of hydrogen-bond acceptors (Lipinski definition) is 2. The molecule has 0 unspecified atom stereocenters. The quantitative estimate of drug-likeness (QED) is 0.719. The van der Waals surface area contributed by atoms with Crippen LogP contribution in [0.15, 0.2) is 35.7 Å². The number of carbonyl (C=O) groups excluding carboxylic acids is 1. The highest BCUT2D eigenvalue weighted by Crippen LogP contribution is 2.27. The molecule has 21 heavy (non-hydrogen) atoms. The van der Waals surface area contributed by atoms with Crippen molar-refractivity contribution >= 4 is 39.1 Å². The van der Waals surface area contributed by atoms with E-state index in [0.29, 0.717) is 0 Å². The first-order valence-electron chi connectivity index (χ1n) is 6.73. The molecule has 0 saturated heterocycles. The number of carbonyl (C=O) groups is 1. The van der Waals surface area contributed by atoms with Crippen molar-refractivity contribution in [1.29, 1.82) is 0 Å². The molecule has 108 valence electrons. The SMILES string of the molecule is Cc1ccc(NC(=O)Nc2cc3sccc3n2C)cc1C. The second kappa shape index (κ2) is 5.26. The molecular formula is C16H17N3OS. The van der Waals surface area contributed by atoms with Crippen LogP contribution in [0.3, 0.4) is 0 Å². The van der Waals surface area contributed by atoms with Crippen LogP contribution in [0.4, 0.5) is 16.3 Å². The number of thiophene rings is 1. The fourth-order valence-corrected chi connectivity index (χ4v) is 3.12. The van der Waals surface area contributed by atoms with Gasteiger partial charge in [-0.05, 0) is 54.6 Å². The van der Waals surface area contributed by atoms with E-state index in [1.54, 1.807) is 11.3 Å². The molecule has 0 bridgehead atoms. The Kier molecular flexibility index (Phi) is 3.43. The minimum atomic E-state index is -0.230. The minimum absolute atomic E-state index is 0.230. The van der Waals surface area contributed by atoms with Gasteiger partial charge in [0.1, 0.15) is 5.82 Å². The molecule has 2 amide bonds. The van der Waals surface area contributed by atoms with Gasteiger partial charge in [-0.25, -0.2) is 4.79 Å². The number of hydrogen-bond donors (Lipinski definition) is 2. The van der Waals surface area contributed by atoms with Gasteiger partial charge in [0.05, 0.1) is 10.2 Å². The standard InChI is InChI=1S/C16H17N3OS/c1-10-4-5-12(8-11(10)2)17-16(20)18-15-9-14-13(19(15)3)6-7-21-14/h4-9H,1-3H3,(H2,17,18,20). The number of aryl methyl sites for hydroxylation is 3. The summed E-state index contributed by atoms with van der Waals surface area (Å²) in [6, 6.07) is 9.69. The zero-order valence-electron chi connectivity index (χ0n) is 12.2. The Morgan fingerprint density at radius 2 is 1.90 bits per heavy atom. The Balaban J connectivity index is 1.75. The molecular weight excluding hydrogens is 282 g/mol. The highest BCUT2D eigenvalue weighted by Gasteiger charge is 2.10. The fourth-order valence-electron chi connectivity index (χ4n) is 2.27. The smallest absolute Gasteiger partial charge is 0.324 e. The van der Waals surface area contributed by atoms with E-state index in [-0.39, 0.29) is 6.03 Å². The monoisotopic (exact) mass is 299 g/mol. The Morgan fingerprint density at radius 3 is 2.62 bits per heavy atom. The van der Waals surface area contributed by atoms with Gasteiger partial charge >= 0.3 is 6.03 Å². The predicted octanol–water partition coefficient (Wildman–Crippen LogP) is 4.50. The molecule has 2 heterocycles. The van der Waals surface area contributed by atoms with Crippen LogP contribution in [0.25, 0.3) is 10.2 Å². The van der Waals surface area contributed by atoms with Crippen molar-refractivity contribution in [2.45, 2.75) is 13.8 Å². The Hall–Kier alpha value is -2.27. The number of urea groups is 1. The number of aromatic nitrogens is 1. The Bertz CT molecular complexity index is 816. The Labute approximate surface area is 127 Å². The lowest BCUT2D eigenvalue weighted by Crippen LogP contribution is -2.20. The summed E-state index contributed by atoms with van der Waals surface area (Å²) in [7, 11) is 1.95. The third kappa shape index (κ3) is 2.64. The van der Waals surface area contributed by atoms with Gasteiger partial charge in [-0.3, -0.25) is 5.32 Å². The molecule has 5 heteroatoms. The highest BCUT2D eigenvalue weighted by molar-refractivity contribution is 7.17. The summed E-state index contributed by atoms with van der Waals surface area (Å²) in [4.78, 5) is 12.1. The van der Waals surface area contributed by atoms with Crippen LogP contribution >= 0.6 is 11.3 Å². The number of amides is 2. The summed E-state index contributed by atoms with van der Waals surface area (Å²) in [5, 5.41) is 7.80. The summed E-state index contributed by atoms with van der Waals surface area (Å²) < 4.78 is 3.14. The van der Waals surface area contributed by atoms with Crippen LogP contribution in [0.5, 0.6) is 0 Å². The Morgan fingerprint density at radius 1 is 1.10 bits per heavy atom. The van der Waals surface area contributed by atoms with Crippen LogP contribution < -0.4 is 10.6 Å². The maximum absolute atomic E-state index is 12.1. The number of benzene rings is 1. The van der Waals surface area contributed by atoms with Crippen molar-refractivity contribution in [3.63, 3.8) is 0 Å². The number of nitrogens with zero attached hydrogens (tertiary/aromatic N) is 1. The van der Waals surface area contributed by atoms with Gasteiger partial charge < -0.3 is 9.88 Å². The van der Waals surface area contributed by atoms with Gasteiger partial charge in [0.15, 0.2) is 0 Å². The third-order valence-corrected chi connectivity index (χ3v) is 4.52. The van der Waals surface area contributed by atoms with E-state index in [1.807, 2.05) is 54.3 Å². The molecule has 1 aromatic carbocycles.